The van der Waals surface area contributed by atoms with Crippen molar-refractivity contribution in [2.24, 2.45) is 0 Å². The van der Waals surface area contributed by atoms with Crippen LogP contribution in [0, 0.1) is 0 Å². The second-order valence-corrected chi connectivity index (χ2v) is 4.81. The van der Waals surface area contributed by atoms with Crippen LogP contribution in [0.25, 0.3) is 0 Å². The van der Waals surface area contributed by atoms with Gasteiger partial charge < -0.3 is 10.2 Å². The van der Waals surface area contributed by atoms with Gasteiger partial charge in [-0.1, -0.05) is 6.92 Å². The molecule has 0 atom stereocenters. The summed E-state index contributed by atoms with van der Waals surface area (Å²) in [6.07, 6.45) is 4.71. The molecule has 0 bridgehead atoms. The maximum absolute atomic E-state index is 4.41. The Bertz CT molecular complexity index is 343. The van der Waals surface area contributed by atoms with Crippen molar-refractivity contribution < 1.29 is 0 Å². The van der Waals surface area contributed by atoms with E-state index < -0.39 is 0 Å². The van der Waals surface area contributed by atoms with Gasteiger partial charge >= 0.3 is 0 Å². The van der Waals surface area contributed by atoms with Crippen molar-refractivity contribution >= 4 is 23.4 Å². The molecule has 1 N–H and O–H groups in total. The summed E-state index contributed by atoms with van der Waals surface area (Å²) in [7, 11) is 2.09. The van der Waals surface area contributed by atoms with Crippen molar-refractivity contribution in [3.63, 3.8) is 0 Å². The molecule has 0 fully saturated rings. The van der Waals surface area contributed by atoms with Crippen LogP contribution < -0.4 is 10.2 Å². The fraction of sp³-hybridized carbons (Fsp3) is 0.667. The summed E-state index contributed by atoms with van der Waals surface area (Å²) in [6.45, 7) is 6.12. The zero-order valence-corrected chi connectivity index (χ0v) is 12.0. The first-order chi connectivity index (χ1) is 8.24. The van der Waals surface area contributed by atoms with Gasteiger partial charge in [-0.2, -0.15) is 11.8 Å². The molecule has 17 heavy (non-hydrogen) atoms. The van der Waals surface area contributed by atoms with E-state index in [1.807, 2.05) is 11.8 Å². The van der Waals surface area contributed by atoms with Gasteiger partial charge in [-0.3, -0.25) is 0 Å². The van der Waals surface area contributed by atoms with Gasteiger partial charge in [-0.25, -0.2) is 9.97 Å². The van der Waals surface area contributed by atoms with Crippen molar-refractivity contribution in [2.45, 2.75) is 20.3 Å². The van der Waals surface area contributed by atoms with E-state index in [1.165, 1.54) is 5.56 Å². The fourth-order valence-corrected chi connectivity index (χ4v) is 2.17. The van der Waals surface area contributed by atoms with Crippen LogP contribution in [0.5, 0.6) is 0 Å². The van der Waals surface area contributed by atoms with E-state index in [1.54, 1.807) is 6.33 Å². The predicted octanol–water partition coefficient (Wildman–Crippen LogP) is 2.27. The minimum Gasteiger partial charge on any atom is -0.370 e. The highest BCUT2D eigenvalue weighted by molar-refractivity contribution is 7.98. The van der Waals surface area contributed by atoms with Gasteiger partial charge in [0, 0.05) is 31.5 Å². The Kier molecular flexibility index (Phi) is 6.11. The average molecular weight is 254 g/mol. The van der Waals surface area contributed by atoms with E-state index in [-0.39, 0.29) is 0 Å². The zero-order valence-electron chi connectivity index (χ0n) is 11.2. The van der Waals surface area contributed by atoms with E-state index in [4.69, 9.17) is 0 Å². The molecule has 0 aromatic carbocycles. The van der Waals surface area contributed by atoms with Crippen LogP contribution in [0.2, 0.25) is 0 Å². The SMILES string of the molecule is CCNc1ncnc(N(C)CCSC)c1CC. The largest absolute Gasteiger partial charge is 0.370 e. The average Bonchev–Trinajstić information content (AvgIpc) is 2.36. The standard InChI is InChI=1S/C12H22N4S/c1-5-10-11(13-6-2)14-9-15-12(10)16(3)7-8-17-4/h9H,5-8H2,1-4H3,(H,13,14,15). The highest BCUT2D eigenvalue weighted by Crippen LogP contribution is 2.23. The zero-order chi connectivity index (χ0) is 12.7. The van der Waals surface area contributed by atoms with Crippen LogP contribution in [0.4, 0.5) is 11.6 Å². The normalized spacial score (nSPS) is 10.4. The fourth-order valence-electron chi connectivity index (χ4n) is 1.71. The molecule has 1 aromatic heterocycles. The van der Waals surface area contributed by atoms with Gasteiger partial charge in [0.15, 0.2) is 0 Å². The van der Waals surface area contributed by atoms with Crippen LogP contribution in [0.15, 0.2) is 6.33 Å². The van der Waals surface area contributed by atoms with Crippen LogP contribution in [-0.2, 0) is 6.42 Å². The Morgan fingerprint density at radius 1 is 1.35 bits per heavy atom. The summed E-state index contributed by atoms with van der Waals surface area (Å²) in [4.78, 5) is 10.9. The smallest absolute Gasteiger partial charge is 0.137 e. The summed E-state index contributed by atoms with van der Waals surface area (Å²) in [6, 6.07) is 0. The predicted molar refractivity (Wildman–Crippen MR) is 77.2 cm³/mol. The number of nitrogens with one attached hydrogen (secondary N) is 1. The summed E-state index contributed by atoms with van der Waals surface area (Å²) >= 11 is 1.85. The lowest BCUT2D eigenvalue weighted by Crippen LogP contribution is -2.23. The maximum Gasteiger partial charge on any atom is 0.137 e. The number of aromatic nitrogens is 2. The first-order valence-corrected chi connectivity index (χ1v) is 7.41. The number of rotatable bonds is 7. The van der Waals surface area contributed by atoms with Gasteiger partial charge in [0.1, 0.15) is 18.0 Å². The van der Waals surface area contributed by atoms with Crippen molar-refractivity contribution in [1.29, 1.82) is 0 Å². The Morgan fingerprint density at radius 2 is 2.12 bits per heavy atom. The minimum atomic E-state index is 0.887. The van der Waals surface area contributed by atoms with E-state index in [2.05, 4.69) is 47.3 Å². The molecule has 0 amide bonds. The molecule has 1 heterocycles. The minimum absolute atomic E-state index is 0.887. The third-order valence-corrected chi connectivity index (χ3v) is 3.20. The number of hydrogen-bond donors (Lipinski definition) is 1. The van der Waals surface area contributed by atoms with Gasteiger partial charge in [-0.15, -0.1) is 0 Å². The van der Waals surface area contributed by atoms with E-state index in [9.17, 15) is 0 Å². The van der Waals surface area contributed by atoms with Gasteiger partial charge in [0.2, 0.25) is 0 Å². The number of nitrogens with zero attached hydrogens (tertiary/aromatic N) is 3. The third kappa shape index (κ3) is 3.77. The summed E-state index contributed by atoms with van der Waals surface area (Å²) in [5.41, 5.74) is 1.21. The van der Waals surface area contributed by atoms with Crippen LogP contribution in [0.3, 0.4) is 0 Å². The van der Waals surface area contributed by atoms with Crippen LogP contribution in [-0.4, -0.2) is 42.1 Å². The van der Waals surface area contributed by atoms with E-state index in [0.29, 0.717) is 0 Å². The molecule has 1 rings (SSSR count). The molecule has 0 unspecified atom stereocenters. The van der Waals surface area contributed by atoms with Gasteiger partial charge in [0.05, 0.1) is 0 Å². The third-order valence-electron chi connectivity index (χ3n) is 2.61. The summed E-state index contributed by atoms with van der Waals surface area (Å²) in [5, 5.41) is 3.30. The molecule has 0 spiro atoms. The Balaban J connectivity index is 2.93. The topological polar surface area (TPSA) is 41.1 Å². The van der Waals surface area contributed by atoms with Crippen LogP contribution in [0.1, 0.15) is 19.4 Å². The number of anilines is 2. The lowest BCUT2D eigenvalue weighted by molar-refractivity contribution is 0.906. The molecular formula is C12H22N4S. The highest BCUT2D eigenvalue weighted by atomic mass is 32.2. The Labute approximate surface area is 108 Å². The van der Waals surface area contributed by atoms with Crippen LogP contribution >= 0.6 is 11.8 Å². The molecule has 0 aliphatic carbocycles. The summed E-state index contributed by atoms with van der Waals surface area (Å²) in [5.74, 6) is 3.13. The van der Waals surface area contributed by atoms with E-state index in [0.717, 1.165) is 36.9 Å². The molecule has 4 nitrogen and oxygen atoms in total. The highest BCUT2D eigenvalue weighted by Gasteiger charge is 2.12. The van der Waals surface area contributed by atoms with Crippen molar-refractivity contribution in [3.05, 3.63) is 11.9 Å². The molecular weight excluding hydrogens is 232 g/mol. The number of thioether (sulfide) groups is 1. The molecule has 0 saturated heterocycles. The van der Waals surface area contributed by atoms with Crippen molar-refractivity contribution in [2.75, 3.05) is 42.4 Å². The maximum atomic E-state index is 4.41. The monoisotopic (exact) mass is 254 g/mol. The molecule has 0 radical (unpaired) electrons. The molecule has 96 valence electrons. The summed E-state index contributed by atoms with van der Waals surface area (Å²) < 4.78 is 0. The first-order valence-electron chi connectivity index (χ1n) is 6.02. The lowest BCUT2D eigenvalue weighted by Gasteiger charge is -2.21. The molecule has 1 aromatic rings. The van der Waals surface area contributed by atoms with Crippen molar-refractivity contribution in [1.82, 2.24) is 9.97 Å². The van der Waals surface area contributed by atoms with E-state index >= 15 is 0 Å². The quantitative estimate of drug-likeness (QED) is 0.808. The molecule has 0 aliphatic heterocycles. The molecule has 0 aliphatic rings. The van der Waals surface area contributed by atoms with Crippen molar-refractivity contribution in [3.8, 4) is 0 Å². The number of hydrogen-bond acceptors (Lipinski definition) is 5. The Hall–Kier alpha value is -0.970. The second-order valence-electron chi connectivity index (χ2n) is 3.82. The van der Waals surface area contributed by atoms with Gasteiger partial charge in [0.25, 0.3) is 0 Å². The first kappa shape index (κ1) is 14.1. The Morgan fingerprint density at radius 3 is 2.71 bits per heavy atom. The lowest BCUT2D eigenvalue weighted by atomic mass is 10.2. The molecule has 5 heteroatoms. The van der Waals surface area contributed by atoms with Gasteiger partial charge in [-0.05, 0) is 19.6 Å². The second kappa shape index (κ2) is 7.37. The molecule has 0 saturated carbocycles.